The van der Waals surface area contributed by atoms with Gasteiger partial charge in [-0.25, -0.2) is 4.79 Å². The van der Waals surface area contributed by atoms with E-state index in [4.69, 9.17) is 0 Å². The number of amides is 1. The summed E-state index contributed by atoms with van der Waals surface area (Å²) in [5.41, 5.74) is 3.90. The molecular weight excluding hydrogens is 322 g/mol. The number of ether oxygens (including phenoxy) is 1. The van der Waals surface area contributed by atoms with Crippen LogP contribution in [0.25, 0.3) is 0 Å². The van der Waals surface area contributed by atoms with Crippen molar-refractivity contribution in [1.82, 2.24) is 5.32 Å². The molecule has 0 unspecified atom stereocenters. The van der Waals surface area contributed by atoms with E-state index in [-0.39, 0.29) is 11.9 Å². The van der Waals surface area contributed by atoms with Crippen molar-refractivity contribution < 1.29 is 14.3 Å². The van der Waals surface area contributed by atoms with Crippen LogP contribution in [0.5, 0.6) is 0 Å². The summed E-state index contributed by atoms with van der Waals surface area (Å²) >= 11 is 1.59. The first-order valence-electron chi connectivity index (χ1n) is 7.65. The van der Waals surface area contributed by atoms with Gasteiger partial charge in [0.05, 0.1) is 18.4 Å². The lowest BCUT2D eigenvalue weighted by Crippen LogP contribution is -2.24. The van der Waals surface area contributed by atoms with E-state index in [0.717, 1.165) is 11.3 Å². The minimum absolute atomic E-state index is 0.00435. The molecule has 0 heterocycles. The maximum atomic E-state index is 11.9. The molecule has 0 radical (unpaired) electrons. The average Bonchev–Trinajstić information content (AvgIpc) is 2.60. The molecule has 5 heteroatoms. The zero-order chi connectivity index (χ0) is 17.4. The first-order chi connectivity index (χ1) is 11.6. The number of carbonyl (C=O) groups is 2. The molecule has 2 aromatic carbocycles. The van der Waals surface area contributed by atoms with Crippen LogP contribution in [0.4, 0.5) is 0 Å². The minimum atomic E-state index is -0.363. The largest absolute Gasteiger partial charge is 0.465 e. The van der Waals surface area contributed by atoms with Gasteiger partial charge in [-0.3, -0.25) is 4.79 Å². The smallest absolute Gasteiger partial charge is 0.337 e. The molecule has 0 fully saturated rings. The standard InChI is InChI=1S/C19H21NO3S/c1-14-4-3-5-16(10-14)12-24-13-18(21)20-11-15-6-8-17(9-7-15)19(22)23-2/h3-10H,11-13H2,1-2H3,(H,20,21). The summed E-state index contributed by atoms with van der Waals surface area (Å²) in [6.07, 6.45) is 0. The Hall–Kier alpha value is -2.27. The number of rotatable bonds is 7. The maximum Gasteiger partial charge on any atom is 0.337 e. The number of methoxy groups -OCH3 is 1. The van der Waals surface area contributed by atoms with Crippen molar-refractivity contribution in [2.45, 2.75) is 19.2 Å². The summed E-state index contributed by atoms with van der Waals surface area (Å²) in [7, 11) is 1.35. The third-order valence-corrected chi connectivity index (χ3v) is 4.45. The Bertz CT molecular complexity index is 698. The number of carbonyl (C=O) groups excluding carboxylic acids is 2. The highest BCUT2D eigenvalue weighted by Gasteiger charge is 2.06. The molecule has 1 N–H and O–H groups in total. The number of thioether (sulfide) groups is 1. The zero-order valence-corrected chi connectivity index (χ0v) is 14.7. The molecule has 24 heavy (non-hydrogen) atoms. The van der Waals surface area contributed by atoms with E-state index in [0.29, 0.717) is 17.9 Å². The molecule has 2 aromatic rings. The normalized spacial score (nSPS) is 10.2. The van der Waals surface area contributed by atoms with Gasteiger partial charge in [0, 0.05) is 12.3 Å². The van der Waals surface area contributed by atoms with Gasteiger partial charge >= 0.3 is 5.97 Å². The number of nitrogens with one attached hydrogen (secondary N) is 1. The van der Waals surface area contributed by atoms with Crippen LogP contribution < -0.4 is 5.32 Å². The molecule has 0 saturated heterocycles. The molecule has 126 valence electrons. The topological polar surface area (TPSA) is 55.4 Å². The first kappa shape index (κ1) is 18.1. The lowest BCUT2D eigenvalue weighted by atomic mass is 10.1. The second-order valence-electron chi connectivity index (χ2n) is 5.45. The van der Waals surface area contributed by atoms with Crippen molar-refractivity contribution in [2.24, 2.45) is 0 Å². The Morgan fingerprint density at radius 1 is 1.08 bits per heavy atom. The fraction of sp³-hybridized carbons (Fsp3) is 0.263. The van der Waals surface area contributed by atoms with Crippen LogP contribution >= 0.6 is 11.8 Å². The lowest BCUT2D eigenvalue weighted by molar-refractivity contribution is -0.118. The zero-order valence-electron chi connectivity index (χ0n) is 13.9. The molecule has 0 aliphatic carbocycles. The van der Waals surface area contributed by atoms with E-state index in [2.05, 4.69) is 35.2 Å². The second-order valence-corrected chi connectivity index (χ2v) is 6.43. The fourth-order valence-corrected chi connectivity index (χ4v) is 3.00. The van der Waals surface area contributed by atoms with Crippen LogP contribution in [0.15, 0.2) is 48.5 Å². The third-order valence-electron chi connectivity index (χ3n) is 3.45. The Labute approximate surface area is 146 Å². The summed E-state index contributed by atoms with van der Waals surface area (Å²) < 4.78 is 4.65. The highest BCUT2D eigenvalue weighted by Crippen LogP contribution is 2.13. The highest BCUT2D eigenvalue weighted by atomic mass is 32.2. The van der Waals surface area contributed by atoms with Crippen molar-refractivity contribution in [2.75, 3.05) is 12.9 Å². The van der Waals surface area contributed by atoms with Gasteiger partial charge in [0.25, 0.3) is 0 Å². The molecule has 0 saturated carbocycles. The molecule has 4 nitrogen and oxygen atoms in total. The molecule has 0 atom stereocenters. The number of benzene rings is 2. The van der Waals surface area contributed by atoms with E-state index in [1.807, 2.05) is 18.2 Å². The molecule has 0 aliphatic heterocycles. The average molecular weight is 343 g/mol. The van der Waals surface area contributed by atoms with Gasteiger partial charge in [0.15, 0.2) is 0 Å². The second kappa shape index (κ2) is 9.13. The Balaban J connectivity index is 1.72. The quantitative estimate of drug-likeness (QED) is 0.784. The van der Waals surface area contributed by atoms with Gasteiger partial charge in [-0.05, 0) is 30.2 Å². The van der Waals surface area contributed by atoms with Crippen molar-refractivity contribution in [3.63, 3.8) is 0 Å². The predicted molar refractivity (Wildman–Crippen MR) is 97.0 cm³/mol. The third kappa shape index (κ3) is 5.74. The van der Waals surface area contributed by atoms with Crippen LogP contribution in [0, 0.1) is 6.92 Å². The van der Waals surface area contributed by atoms with E-state index in [1.165, 1.54) is 18.2 Å². The fourth-order valence-electron chi connectivity index (χ4n) is 2.19. The summed E-state index contributed by atoms with van der Waals surface area (Å²) in [6.45, 7) is 2.51. The van der Waals surface area contributed by atoms with Crippen LogP contribution in [0.3, 0.4) is 0 Å². The Kier molecular flexibility index (Phi) is 6.88. The molecule has 0 aromatic heterocycles. The molecule has 0 aliphatic rings. The number of esters is 1. The monoisotopic (exact) mass is 343 g/mol. The van der Waals surface area contributed by atoms with Crippen molar-refractivity contribution in [3.05, 3.63) is 70.8 Å². The molecule has 1 amide bonds. The first-order valence-corrected chi connectivity index (χ1v) is 8.81. The van der Waals surface area contributed by atoms with Crippen molar-refractivity contribution >= 4 is 23.6 Å². The summed E-state index contributed by atoms with van der Waals surface area (Å²) in [5, 5.41) is 2.88. The summed E-state index contributed by atoms with van der Waals surface area (Å²) in [6, 6.07) is 15.3. The Morgan fingerprint density at radius 3 is 2.50 bits per heavy atom. The van der Waals surface area contributed by atoms with Gasteiger partial charge in [-0.1, -0.05) is 42.0 Å². The lowest BCUT2D eigenvalue weighted by Gasteiger charge is -2.07. The number of aryl methyl sites for hydroxylation is 1. The maximum absolute atomic E-state index is 11.9. The summed E-state index contributed by atoms with van der Waals surface area (Å²) in [5.74, 6) is 0.889. The highest BCUT2D eigenvalue weighted by molar-refractivity contribution is 7.99. The van der Waals surface area contributed by atoms with Crippen molar-refractivity contribution in [1.29, 1.82) is 0 Å². The van der Waals surface area contributed by atoms with Crippen LogP contribution in [0.1, 0.15) is 27.0 Å². The molecule has 0 bridgehead atoms. The van der Waals surface area contributed by atoms with Gasteiger partial charge in [0.1, 0.15) is 0 Å². The van der Waals surface area contributed by atoms with Crippen LogP contribution in [-0.4, -0.2) is 24.7 Å². The van der Waals surface area contributed by atoms with E-state index in [1.54, 1.807) is 23.9 Å². The van der Waals surface area contributed by atoms with E-state index < -0.39 is 0 Å². The SMILES string of the molecule is COC(=O)c1ccc(CNC(=O)CSCc2cccc(C)c2)cc1. The molecular formula is C19H21NO3S. The number of hydrogen-bond donors (Lipinski definition) is 1. The van der Waals surface area contributed by atoms with Gasteiger partial charge in [-0.2, -0.15) is 0 Å². The number of hydrogen-bond acceptors (Lipinski definition) is 4. The van der Waals surface area contributed by atoms with Gasteiger partial charge in [-0.15, -0.1) is 11.8 Å². The van der Waals surface area contributed by atoms with E-state index in [9.17, 15) is 9.59 Å². The van der Waals surface area contributed by atoms with Crippen molar-refractivity contribution in [3.8, 4) is 0 Å². The summed E-state index contributed by atoms with van der Waals surface area (Å²) in [4.78, 5) is 23.2. The van der Waals surface area contributed by atoms with Gasteiger partial charge < -0.3 is 10.1 Å². The molecule has 0 spiro atoms. The molecule has 2 rings (SSSR count). The van der Waals surface area contributed by atoms with E-state index >= 15 is 0 Å². The minimum Gasteiger partial charge on any atom is -0.465 e. The van der Waals surface area contributed by atoms with Gasteiger partial charge in [0.2, 0.25) is 5.91 Å². The van der Waals surface area contributed by atoms with Crippen LogP contribution in [0.2, 0.25) is 0 Å². The Morgan fingerprint density at radius 2 is 1.83 bits per heavy atom. The predicted octanol–water partition coefficient (Wildman–Crippen LogP) is 3.33. The van der Waals surface area contributed by atoms with Crippen LogP contribution in [-0.2, 0) is 21.8 Å².